The Bertz CT molecular complexity index is 654. The second-order valence-corrected chi connectivity index (χ2v) is 4.15. The zero-order valence-electron chi connectivity index (χ0n) is 10.2. The van der Waals surface area contributed by atoms with Crippen molar-refractivity contribution in [2.75, 3.05) is 0 Å². The van der Waals surface area contributed by atoms with Gasteiger partial charge in [0.15, 0.2) is 0 Å². The maximum Gasteiger partial charge on any atom is 0.310 e. The van der Waals surface area contributed by atoms with E-state index in [1.165, 1.54) is 24.5 Å². The molecule has 1 aromatic carbocycles. The number of nitrogens with zero attached hydrogens (tertiary/aromatic N) is 2. The van der Waals surface area contributed by atoms with Gasteiger partial charge < -0.3 is 5.11 Å². The van der Waals surface area contributed by atoms with Gasteiger partial charge in [-0.15, -0.1) is 0 Å². The Morgan fingerprint density at radius 3 is 2.74 bits per heavy atom. The van der Waals surface area contributed by atoms with Crippen molar-refractivity contribution in [1.82, 2.24) is 4.98 Å². The highest BCUT2D eigenvalue weighted by Crippen LogP contribution is 2.33. The Morgan fingerprint density at radius 1 is 1.42 bits per heavy atom. The van der Waals surface area contributed by atoms with E-state index in [2.05, 4.69) is 4.98 Å². The van der Waals surface area contributed by atoms with Crippen LogP contribution in [0, 0.1) is 10.1 Å². The molecule has 1 unspecified atom stereocenters. The first kappa shape index (κ1) is 12.9. The first-order valence-corrected chi connectivity index (χ1v) is 5.80. The standard InChI is InChI=1S/C13H12N2O4/c1-2-8(13(16)17)9-3-4-12(15(18)19)11-7-14-6-5-10(9)11/h3-8H,2H2,1H3,(H,16,17). The number of pyridine rings is 1. The van der Waals surface area contributed by atoms with Gasteiger partial charge in [0.05, 0.1) is 16.2 Å². The molecule has 1 heterocycles. The lowest BCUT2D eigenvalue weighted by atomic mass is 9.92. The van der Waals surface area contributed by atoms with Gasteiger partial charge in [-0.2, -0.15) is 0 Å². The molecule has 2 rings (SSSR count). The van der Waals surface area contributed by atoms with Crippen molar-refractivity contribution >= 4 is 22.4 Å². The number of non-ortho nitro benzene ring substituents is 1. The average Bonchev–Trinajstić information content (AvgIpc) is 2.39. The molecule has 2 aromatic rings. The van der Waals surface area contributed by atoms with Crippen molar-refractivity contribution in [1.29, 1.82) is 0 Å². The Balaban J connectivity index is 2.75. The first-order valence-electron chi connectivity index (χ1n) is 5.80. The van der Waals surface area contributed by atoms with Crippen molar-refractivity contribution in [3.63, 3.8) is 0 Å². The lowest BCUT2D eigenvalue weighted by Crippen LogP contribution is -2.11. The number of carbonyl (C=O) groups is 1. The van der Waals surface area contributed by atoms with E-state index >= 15 is 0 Å². The van der Waals surface area contributed by atoms with Gasteiger partial charge in [-0.25, -0.2) is 0 Å². The van der Waals surface area contributed by atoms with Crippen LogP contribution in [-0.4, -0.2) is 21.0 Å². The van der Waals surface area contributed by atoms with E-state index in [4.69, 9.17) is 0 Å². The van der Waals surface area contributed by atoms with Crippen LogP contribution in [0.1, 0.15) is 24.8 Å². The minimum absolute atomic E-state index is 0.0629. The highest BCUT2D eigenvalue weighted by Gasteiger charge is 2.23. The third-order valence-electron chi connectivity index (χ3n) is 3.11. The second-order valence-electron chi connectivity index (χ2n) is 4.15. The third kappa shape index (κ3) is 2.24. The van der Waals surface area contributed by atoms with Crippen LogP contribution in [-0.2, 0) is 4.79 Å². The molecule has 0 fully saturated rings. The zero-order chi connectivity index (χ0) is 14.0. The van der Waals surface area contributed by atoms with Crippen LogP contribution >= 0.6 is 0 Å². The molecule has 0 aliphatic heterocycles. The van der Waals surface area contributed by atoms with Crippen molar-refractivity contribution in [2.24, 2.45) is 0 Å². The molecule has 0 aliphatic carbocycles. The van der Waals surface area contributed by atoms with Gasteiger partial charge in [-0.1, -0.05) is 13.0 Å². The van der Waals surface area contributed by atoms with E-state index in [0.29, 0.717) is 22.8 Å². The van der Waals surface area contributed by atoms with Crippen LogP contribution in [0.4, 0.5) is 5.69 Å². The maximum absolute atomic E-state index is 11.2. The van der Waals surface area contributed by atoms with E-state index in [0.717, 1.165) is 0 Å². The minimum Gasteiger partial charge on any atom is -0.481 e. The number of fused-ring (bicyclic) bond motifs is 1. The molecule has 0 bridgehead atoms. The van der Waals surface area contributed by atoms with E-state index in [9.17, 15) is 20.0 Å². The summed E-state index contributed by atoms with van der Waals surface area (Å²) in [6.07, 6.45) is 3.32. The summed E-state index contributed by atoms with van der Waals surface area (Å²) in [5.41, 5.74) is 0.519. The van der Waals surface area contributed by atoms with Crippen LogP contribution in [0.5, 0.6) is 0 Å². The number of aromatic nitrogens is 1. The topological polar surface area (TPSA) is 93.3 Å². The van der Waals surface area contributed by atoms with Crippen molar-refractivity contribution in [3.8, 4) is 0 Å². The van der Waals surface area contributed by atoms with Gasteiger partial charge in [0.2, 0.25) is 0 Å². The van der Waals surface area contributed by atoms with Gasteiger partial charge >= 0.3 is 5.97 Å². The molecule has 19 heavy (non-hydrogen) atoms. The quantitative estimate of drug-likeness (QED) is 0.673. The third-order valence-corrected chi connectivity index (χ3v) is 3.11. The SMILES string of the molecule is CCC(C(=O)O)c1ccc([N+](=O)[O-])c2cnccc12. The van der Waals surface area contributed by atoms with E-state index in [1.54, 1.807) is 13.0 Å². The number of benzene rings is 1. The van der Waals surface area contributed by atoms with E-state index < -0.39 is 16.8 Å². The molecule has 6 heteroatoms. The minimum atomic E-state index is -0.936. The van der Waals surface area contributed by atoms with Crippen molar-refractivity contribution in [2.45, 2.75) is 19.3 Å². The molecule has 0 radical (unpaired) electrons. The second kappa shape index (κ2) is 5.01. The smallest absolute Gasteiger partial charge is 0.310 e. The summed E-state index contributed by atoms with van der Waals surface area (Å²) in [6, 6.07) is 4.47. The van der Waals surface area contributed by atoms with Gasteiger partial charge in [0.25, 0.3) is 5.69 Å². The Morgan fingerprint density at radius 2 is 2.16 bits per heavy atom. The molecular weight excluding hydrogens is 248 g/mol. The van der Waals surface area contributed by atoms with Crippen LogP contribution in [0.15, 0.2) is 30.6 Å². The molecule has 1 atom stereocenters. The highest BCUT2D eigenvalue weighted by atomic mass is 16.6. The van der Waals surface area contributed by atoms with E-state index in [-0.39, 0.29) is 5.69 Å². The maximum atomic E-state index is 11.2. The summed E-state index contributed by atoms with van der Waals surface area (Å²) in [5, 5.41) is 21.1. The molecule has 1 N–H and O–H groups in total. The first-order chi connectivity index (χ1) is 9.06. The van der Waals surface area contributed by atoms with Gasteiger partial charge in [0, 0.05) is 18.5 Å². The molecule has 6 nitrogen and oxygen atoms in total. The predicted octanol–water partition coefficient (Wildman–Crippen LogP) is 2.72. The fourth-order valence-corrected chi connectivity index (χ4v) is 2.19. The van der Waals surface area contributed by atoms with Crippen molar-refractivity contribution < 1.29 is 14.8 Å². The van der Waals surface area contributed by atoms with Crippen LogP contribution in [0.3, 0.4) is 0 Å². The number of aliphatic carboxylic acids is 1. The zero-order valence-corrected chi connectivity index (χ0v) is 10.2. The Labute approximate surface area is 108 Å². The highest BCUT2D eigenvalue weighted by molar-refractivity contribution is 5.95. The number of hydrogen-bond donors (Lipinski definition) is 1. The largest absolute Gasteiger partial charge is 0.481 e. The average molecular weight is 260 g/mol. The van der Waals surface area contributed by atoms with Gasteiger partial charge in [-0.3, -0.25) is 19.9 Å². The lowest BCUT2D eigenvalue weighted by Gasteiger charge is -2.13. The molecule has 98 valence electrons. The number of carboxylic acids is 1. The molecule has 0 aliphatic rings. The predicted molar refractivity (Wildman–Crippen MR) is 69.1 cm³/mol. The number of nitro groups is 1. The van der Waals surface area contributed by atoms with Crippen LogP contribution in [0.25, 0.3) is 10.8 Å². The molecule has 0 amide bonds. The number of carboxylic acid groups (broad SMARTS) is 1. The summed E-state index contributed by atoms with van der Waals surface area (Å²) in [5.74, 6) is -1.61. The molecule has 0 saturated carbocycles. The molecule has 1 aromatic heterocycles. The molecular formula is C13H12N2O4. The molecule has 0 saturated heterocycles. The fourth-order valence-electron chi connectivity index (χ4n) is 2.19. The summed E-state index contributed by atoms with van der Waals surface area (Å²) >= 11 is 0. The van der Waals surface area contributed by atoms with E-state index in [1.807, 2.05) is 0 Å². The number of rotatable bonds is 4. The van der Waals surface area contributed by atoms with Gasteiger partial charge in [-0.05, 0) is 23.4 Å². The lowest BCUT2D eigenvalue weighted by molar-refractivity contribution is -0.383. The Hall–Kier alpha value is -2.50. The monoisotopic (exact) mass is 260 g/mol. The normalized spacial score (nSPS) is 12.3. The van der Waals surface area contributed by atoms with Crippen LogP contribution in [0.2, 0.25) is 0 Å². The van der Waals surface area contributed by atoms with Crippen LogP contribution < -0.4 is 0 Å². The fraction of sp³-hybridized carbons (Fsp3) is 0.231. The van der Waals surface area contributed by atoms with Crippen molar-refractivity contribution in [3.05, 3.63) is 46.3 Å². The number of nitro benzene ring substituents is 1. The summed E-state index contributed by atoms with van der Waals surface area (Å²) in [4.78, 5) is 25.6. The Kier molecular flexibility index (Phi) is 3.41. The summed E-state index contributed by atoms with van der Waals surface area (Å²) in [6.45, 7) is 1.77. The summed E-state index contributed by atoms with van der Waals surface area (Å²) < 4.78 is 0. The number of hydrogen-bond acceptors (Lipinski definition) is 4. The van der Waals surface area contributed by atoms with Gasteiger partial charge in [0.1, 0.15) is 0 Å². The molecule has 0 spiro atoms. The summed E-state index contributed by atoms with van der Waals surface area (Å²) in [7, 11) is 0.